The summed E-state index contributed by atoms with van der Waals surface area (Å²) in [5.41, 5.74) is 1.98. The monoisotopic (exact) mass is 338 g/mol. The maximum atomic E-state index is 12.5. The Bertz CT molecular complexity index is 1000. The van der Waals surface area contributed by atoms with Gasteiger partial charge in [0, 0.05) is 28.6 Å². The largest absolute Gasteiger partial charge is 0.360 e. The van der Waals surface area contributed by atoms with E-state index in [0.717, 1.165) is 10.9 Å². The molecule has 3 heterocycles. The number of carbonyl (C=O) groups excluding carboxylic acids is 2. The summed E-state index contributed by atoms with van der Waals surface area (Å²) in [6.07, 6.45) is 0. The number of benzene rings is 1. The van der Waals surface area contributed by atoms with Crippen LogP contribution in [0.4, 0.5) is 5.82 Å². The second-order valence-electron chi connectivity index (χ2n) is 6.45. The summed E-state index contributed by atoms with van der Waals surface area (Å²) in [5, 5.41) is 10.4. The SMILES string of the molecule is Cc1cc(NC(=O)c2ccc3cc4n(c3c2)C(C)C(C)NC4=O)no1. The fourth-order valence-corrected chi connectivity index (χ4v) is 3.21. The summed E-state index contributed by atoms with van der Waals surface area (Å²) in [7, 11) is 0. The van der Waals surface area contributed by atoms with E-state index in [1.807, 2.05) is 29.7 Å². The zero-order valence-corrected chi connectivity index (χ0v) is 14.2. The van der Waals surface area contributed by atoms with Crippen LogP contribution in [0.2, 0.25) is 0 Å². The molecule has 0 spiro atoms. The van der Waals surface area contributed by atoms with E-state index in [-0.39, 0.29) is 23.9 Å². The van der Waals surface area contributed by atoms with Gasteiger partial charge in [-0.1, -0.05) is 11.2 Å². The molecule has 1 aliphatic heterocycles. The van der Waals surface area contributed by atoms with E-state index >= 15 is 0 Å². The normalized spacial score (nSPS) is 19.6. The van der Waals surface area contributed by atoms with Crippen molar-refractivity contribution in [3.63, 3.8) is 0 Å². The van der Waals surface area contributed by atoms with Gasteiger partial charge in [0.15, 0.2) is 5.82 Å². The average Bonchev–Trinajstić information content (AvgIpc) is 3.15. The molecule has 2 amide bonds. The minimum Gasteiger partial charge on any atom is -0.360 e. The Hall–Kier alpha value is -3.09. The van der Waals surface area contributed by atoms with Crippen LogP contribution in [0, 0.1) is 6.92 Å². The van der Waals surface area contributed by atoms with Gasteiger partial charge < -0.3 is 19.7 Å². The Labute approximate surface area is 144 Å². The number of aryl methyl sites for hydroxylation is 1. The number of rotatable bonds is 2. The summed E-state index contributed by atoms with van der Waals surface area (Å²) in [5.74, 6) is 0.638. The maximum Gasteiger partial charge on any atom is 0.268 e. The first-order valence-corrected chi connectivity index (χ1v) is 8.14. The predicted molar refractivity (Wildman–Crippen MR) is 92.8 cm³/mol. The molecule has 7 heteroatoms. The molecule has 2 atom stereocenters. The van der Waals surface area contributed by atoms with Crippen LogP contribution >= 0.6 is 0 Å². The fourth-order valence-electron chi connectivity index (χ4n) is 3.21. The molecule has 0 radical (unpaired) electrons. The first kappa shape index (κ1) is 15.4. The lowest BCUT2D eigenvalue weighted by atomic mass is 10.1. The quantitative estimate of drug-likeness (QED) is 0.752. The third-order valence-corrected chi connectivity index (χ3v) is 4.70. The van der Waals surface area contributed by atoms with Gasteiger partial charge in [-0.2, -0.15) is 0 Å². The van der Waals surface area contributed by atoms with Crippen LogP contribution < -0.4 is 10.6 Å². The molecule has 3 aromatic rings. The molecule has 0 saturated heterocycles. The number of aromatic nitrogens is 2. The number of nitrogens with zero attached hydrogens (tertiary/aromatic N) is 2. The zero-order valence-electron chi connectivity index (χ0n) is 14.2. The highest BCUT2D eigenvalue weighted by Gasteiger charge is 2.29. The molecule has 25 heavy (non-hydrogen) atoms. The van der Waals surface area contributed by atoms with Gasteiger partial charge >= 0.3 is 0 Å². The van der Waals surface area contributed by atoms with Crippen LogP contribution in [0.3, 0.4) is 0 Å². The van der Waals surface area contributed by atoms with Crippen LogP contribution in [0.15, 0.2) is 34.9 Å². The van der Waals surface area contributed by atoms with Crippen molar-refractivity contribution in [2.45, 2.75) is 32.9 Å². The molecular weight excluding hydrogens is 320 g/mol. The smallest absolute Gasteiger partial charge is 0.268 e. The van der Waals surface area contributed by atoms with Gasteiger partial charge in [-0.3, -0.25) is 9.59 Å². The van der Waals surface area contributed by atoms with Crippen LogP contribution in [0.5, 0.6) is 0 Å². The van der Waals surface area contributed by atoms with Gasteiger partial charge in [0.05, 0.1) is 6.04 Å². The second-order valence-corrected chi connectivity index (χ2v) is 6.45. The first-order chi connectivity index (χ1) is 11.9. The van der Waals surface area contributed by atoms with Crippen molar-refractivity contribution >= 4 is 28.5 Å². The van der Waals surface area contributed by atoms with E-state index in [2.05, 4.69) is 22.7 Å². The number of nitrogens with one attached hydrogen (secondary N) is 2. The lowest BCUT2D eigenvalue weighted by molar-refractivity contribution is 0.0891. The van der Waals surface area contributed by atoms with E-state index < -0.39 is 0 Å². The minimum atomic E-state index is -0.272. The van der Waals surface area contributed by atoms with Gasteiger partial charge in [0.2, 0.25) is 0 Å². The van der Waals surface area contributed by atoms with E-state index in [1.54, 1.807) is 19.1 Å². The first-order valence-electron chi connectivity index (χ1n) is 8.14. The Morgan fingerprint density at radius 1 is 1.28 bits per heavy atom. The fraction of sp³-hybridized carbons (Fsp3) is 0.278. The minimum absolute atomic E-state index is 0.0196. The number of fused-ring (bicyclic) bond motifs is 3. The summed E-state index contributed by atoms with van der Waals surface area (Å²) >= 11 is 0. The molecule has 1 aromatic carbocycles. The number of carbonyl (C=O) groups is 2. The van der Waals surface area contributed by atoms with Crippen LogP contribution in [0.25, 0.3) is 10.9 Å². The van der Waals surface area contributed by atoms with Crippen molar-refractivity contribution in [1.82, 2.24) is 15.0 Å². The molecule has 0 aliphatic carbocycles. The molecule has 2 unspecified atom stereocenters. The molecule has 7 nitrogen and oxygen atoms in total. The molecule has 2 N–H and O–H groups in total. The molecule has 0 bridgehead atoms. The summed E-state index contributed by atoms with van der Waals surface area (Å²) in [6, 6.07) is 9.03. The highest BCUT2D eigenvalue weighted by Crippen LogP contribution is 2.30. The maximum absolute atomic E-state index is 12.5. The molecular formula is C18H18N4O3. The van der Waals surface area contributed by atoms with Crippen molar-refractivity contribution in [1.29, 1.82) is 0 Å². The Morgan fingerprint density at radius 3 is 2.80 bits per heavy atom. The van der Waals surface area contributed by atoms with Crippen molar-refractivity contribution in [2.75, 3.05) is 5.32 Å². The van der Waals surface area contributed by atoms with Gasteiger partial charge in [-0.15, -0.1) is 0 Å². The second kappa shape index (κ2) is 5.47. The Kier molecular flexibility index (Phi) is 3.38. The standard InChI is InChI=1S/C18H18N4O3/c1-9-6-16(21-25-9)20-17(23)13-5-4-12-7-15-18(24)19-10(2)11(3)22(15)14(12)8-13/h4-8,10-11H,1-3H3,(H,19,24)(H,20,21,23). The molecule has 2 aromatic heterocycles. The van der Waals surface area contributed by atoms with Gasteiger partial charge in [-0.25, -0.2) is 0 Å². The molecule has 128 valence electrons. The third-order valence-electron chi connectivity index (χ3n) is 4.70. The van der Waals surface area contributed by atoms with Gasteiger partial charge in [-0.05, 0) is 39.0 Å². The van der Waals surface area contributed by atoms with Crippen LogP contribution in [-0.4, -0.2) is 27.6 Å². The van der Waals surface area contributed by atoms with E-state index in [0.29, 0.717) is 22.8 Å². The van der Waals surface area contributed by atoms with Crippen LogP contribution in [0.1, 0.15) is 46.5 Å². The number of amides is 2. The zero-order chi connectivity index (χ0) is 17.7. The summed E-state index contributed by atoms with van der Waals surface area (Å²) in [4.78, 5) is 24.7. The van der Waals surface area contributed by atoms with Gasteiger partial charge in [0.1, 0.15) is 11.5 Å². The van der Waals surface area contributed by atoms with Crippen molar-refractivity contribution in [3.8, 4) is 0 Å². The van der Waals surface area contributed by atoms with E-state index in [4.69, 9.17) is 4.52 Å². The molecule has 4 rings (SSSR count). The predicted octanol–water partition coefficient (Wildman–Crippen LogP) is 2.88. The lowest BCUT2D eigenvalue weighted by Gasteiger charge is -2.30. The lowest BCUT2D eigenvalue weighted by Crippen LogP contribution is -2.44. The number of hydrogen-bond donors (Lipinski definition) is 2. The highest BCUT2D eigenvalue weighted by atomic mass is 16.5. The Morgan fingerprint density at radius 2 is 2.08 bits per heavy atom. The third kappa shape index (κ3) is 2.48. The van der Waals surface area contributed by atoms with Gasteiger partial charge in [0.25, 0.3) is 11.8 Å². The number of hydrogen-bond acceptors (Lipinski definition) is 4. The molecule has 0 fully saturated rings. The summed E-state index contributed by atoms with van der Waals surface area (Å²) in [6.45, 7) is 5.79. The summed E-state index contributed by atoms with van der Waals surface area (Å²) < 4.78 is 6.95. The van der Waals surface area contributed by atoms with Crippen molar-refractivity contribution in [2.24, 2.45) is 0 Å². The van der Waals surface area contributed by atoms with Crippen molar-refractivity contribution in [3.05, 3.63) is 47.3 Å². The average molecular weight is 338 g/mol. The number of anilines is 1. The van der Waals surface area contributed by atoms with Crippen molar-refractivity contribution < 1.29 is 14.1 Å². The molecule has 0 saturated carbocycles. The molecule has 1 aliphatic rings. The Balaban J connectivity index is 1.75. The highest BCUT2D eigenvalue weighted by molar-refractivity contribution is 6.07. The van der Waals surface area contributed by atoms with Crippen LogP contribution in [-0.2, 0) is 0 Å². The topological polar surface area (TPSA) is 89.2 Å². The van der Waals surface area contributed by atoms with E-state index in [1.165, 1.54) is 0 Å². The van der Waals surface area contributed by atoms with E-state index in [9.17, 15) is 9.59 Å².